The van der Waals surface area contributed by atoms with Gasteiger partial charge in [-0.2, -0.15) is 0 Å². The minimum absolute atomic E-state index is 0.115. The van der Waals surface area contributed by atoms with Crippen molar-refractivity contribution in [2.75, 3.05) is 14.1 Å². The number of benzene rings is 2. The van der Waals surface area contributed by atoms with Gasteiger partial charge in [-0.25, -0.2) is 12.7 Å². The quantitative estimate of drug-likeness (QED) is 0.811. The van der Waals surface area contributed by atoms with Crippen LogP contribution in [0.4, 0.5) is 0 Å². The maximum Gasteiger partial charge on any atom is 0.242 e. The topological polar surface area (TPSA) is 54.5 Å². The molecule has 0 amide bonds. The number of hydrogen-bond donors (Lipinski definition) is 0. The van der Waals surface area contributed by atoms with Gasteiger partial charge in [0.05, 0.1) is 4.90 Å². The molecule has 0 unspecified atom stereocenters. The number of hydrogen-bond acceptors (Lipinski definition) is 3. The van der Waals surface area contributed by atoms with Crippen molar-refractivity contribution < 1.29 is 13.2 Å². The van der Waals surface area contributed by atoms with Gasteiger partial charge in [0.25, 0.3) is 0 Å². The second-order valence-electron chi connectivity index (χ2n) is 4.51. The van der Waals surface area contributed by atoms with Gasteiger partial charge in [-0.05, 0) is 12.1 Å². The molecule has 0 atom stereocenters. The number of sulfonamides is 1. The molecule has 5 heteroatoms. The molecule has 20 heavy (non-hydrogen) atoms. The van der Waals surface area contributed by atoms with Crippen molar-refractivity contribution in [3.8, 4) is 0 Å². The maximum absolute atomic E-state index is 12.3. The molecule has 0 aliphatic heterocycles. The second kappa shape index (κ2) is 5.56. The summed E-state index contributed by atoms with van der Waals surface area (Å²) in [6.45, 7) is 0. The Morgan fingerprint density at radius 3 is 2.10 bits per heavy atom. The Bertz CT molecular complexity index is 722. The predicted molar refractivity (Wildman–Crippen MR) is 77.2 cm³/mol. The van der Waals surface area contributed by atoms with E-state index < -0.39 is 10.0 Å². The molecule has 2 aromatic carbocycles. The molecule has 0 aliphatic carbocycles. The summed E-state index contributed by atoms with van der Waals surface area (Å²) in [7, 11) is -0.615. The van der Waals surface area contributed by atoms with Crippen molar-refractivity contribution in [3.63, 3.8) is 0 Å². The van der Waals surface area contributed by atoms with Gasteiger partial charge in [-0.3, -0.25) is 4.79 Å². The molecule has 0 N–H and O–H groups in total. The third kappa shape index (κ3) is 2.79. The molecule has 0 fully saturated rings. The Hall–Kier alpha value is -1.98. The third-order valence-corrected chi connectivity index (χ3v) is 4.72. The van der Waals surface area contributed by atoms with E-state index in [9.17, 15) is 13.2 Å². The van der Waals surface area contributed by atoms with Gasteiger partial charge in [0.15, 0.2) is 5.78 Å². The lowest BCUT2D eigenvalue weighted by Gasteiger charge is -2.12. The Morgan fingerprint density at radius 1 is 0.900 bits per heavy atom. The van der Waals surface area contributed by atoms with Gasteiger partial charge in [-0.1, -0.05) is 42.5 Å². The largest absolute Gasteiger partial charge is 0.289 e. The molecule has 2 aromatic rings. The Morgan fingerprint density at radius 2 is 1.50 bits per heavy atom. The van der Waals surface area contributed by atoms with Crippen molar-refractivity contribution in [2.45, 2.75) is 4.90 Å². The van der Waals surface area contributed by atoms with Crippen LogP contribution < -0.4 is 0 Å². The normalized spacial score (nSPS) is 11.6. The molecule has 0 aliphatic rings. The number of rotatable bonds is 4. The summed E-state index contributed by atoms with van der Waals surface area (Å²) in [5, 5.41) is 0. The zero-order chi connectivity index (χ0) is 14.8. The van der Waals surface area contributed by atoms with Crippen LogP contribution in [0, 0.1) is 0 Å². The first-order valence-corrected chi connectivity index (χ1v) is 7.49. The number of carbonyl (C=O) groups is 1. The summed E-state index contributed by atoms with van der Waals surface area (Å²) in [6.07, 6.45) is 0. The van der Waals surface area contributed by atoms with Crippen LogP contribution in [0.1, 0.15) is 15.9 Å². The van der Waals surface area contributed by atoms with Crippen LogP contribution in [-0.4, -0.2) is 32.6 Å². The van der Waals surface area contributed by atoms with E-state index in [0.29, 0.717) is 11.1 Å². The molecule has 0 saturated heterocycles. The van der Waals surface area contributed by atoms with Gasteiger partial charge in [0.2, 0.25) is 10.0 Å². The summed E-state index contributed by atoms with van der Waals surface area (Å²) in [5.41, 5.74) is 0.894. The van der Waals surface area contributed by atoms with Crippen LogP contribution in [0.15, 0.2) is 59.5 Å². The van der Waals surface area contributed by atoms with E-state index in [1.54, 1.807) is 36.4 Å². The van der Waals surface area contributed by atoms with Crippen LogP contribution in [0.2, 0.25) is 0 Å². The summed E-state index contributed by atoms with van der Waals surface area (Å²) in [5.74, 6) is -0.193. The van der Waals surface area contributed by atoms with Crippen molar-refractivity contribution >= 4 is 15.8 Å². The van der Waals surface area contributed by atoms with Gasteiger partial charge >= 0.3 is 0 Å². The number of nitrogens with zero attached hydrogens (tertiary/aromatic N) is 1. The standard InChI is InChI=1S/C15H15NO3S/c1-16(2)20(18,19)14-10-6-9-13(11-14)15(17)12-7-4-3-5-8-12/h3-11H,1-2H3. The highest BCUT2D eigenvalue weighted by atomic mass is 32.2. The van der Waals surface area contributed by atoms with Crippen molar-refractivity contribution in [3.05, 3.63) is 65.7 Å². The van der Waals surface area contributed by atoms with Crippen LogP contribution in [-0.2, 0) is 10.0 Å². The minimum Gasteiger partial charge on any atom is -0.289 e. The summed E-state index contributed by atoms with van der Waals surface area (Å²) >= 11 is 0. The molecule has 104 valence electrons. The van der Waals surface area contributed by atoms with Crippen LogP contribution >= 0.6 is 0 Å². The van der Waals surface area contributed by atoms with E-state index in [2.05, 4.69) is 0 Å². The van der Waals surface area contributed by atoms with Crippen LogP contribution in [0.25, 0.3) is 0 Å². The fraction of sp³-hybridized carbons (Fsp3) is 0.133. The highest BCUT2D eigenvalue weighted by Gasteiger charge is 2.19. The van der Waals surface area contributed by atoms with E-state index in [4.69, 9.17) is 0 Å². The van der Waals surface area contributed by atoms with E-state index >= 15 is 0 Å². The highest BCUT2D eigenvalue weighted by molar-refractivity contribution is 7.89. The van der Waals surface area contributed by atoms with E-state index in [0.717, 1.165) is 4.31 Å². The zero-order valence-electron chi connectivity index (χ0n) is 11.3. The smallest absolute Gasteiger partial charge is 0.242 e. The van der Waals surface area contributed by atoms with Gasteiger partial charge in [0, 0.05) is 25.2 Å². The SMILES string of the molecule is CN(C)S(=O)(=O)c1cccc(C(=O)c2ccccc2)c1. The fourth-order valence-corrected chi connectivity index (χ4v) is 2.71. The molecule has 0 heterocycles. The monoisotopic (exact) mass is 289 g/mol. The number of carbonyl (C=O) groups excluding carboxylic acids is 1. The maximum atomic E-state index is 12.3. The predicted octanol–water partition coefficient (Wildman–Crippen LogP) is 2.17. The Kier molecular flexibility index (Phi) is 4.01. The molecule has 0 spiro atoms. The molecule has 4 nitrogen and oxygen atoms in total. The average Bonchev–Trinajstić information content (AvgIpc) is 2.47. The lowest BCUT2D eigenvalue weighted by atomic mass is 10.0. The second-order valence-corrected chi connectivity index (χ2v) is 6.66. The summed E-state index contributed by atoms with van der Waals surface area (Å²) in [6, 6.07) is 14.9. The zero-order valence-corrected chi connectivity index (χ0v) is 12.1. The molecule has 0 saturated carbocycles. The number of ketones is 1. The minimum atomic E-state index is -3.53. The van der Waals surface area contributed by atoms with Crippen molar-refractivity contribution in [1.82, 2.24) is 4.31 Å². The van der Waals surface area contributed by atoms with Crippen LogP contribution in [0.3, 0.4) is 0 Å². The fourth-order valence-electron chi connectivity index (χ4n) is 1.76. The van der Waals surface area contributed by atoms with Gasteiger partial charge in [-0.15, -0.1) is 0 Å². The Balaban J connectivity index is 2.44. The first-order chi connectivity index (χ1) is 9.43. The van der Waals surface area contributed by atoms with Gasteiger partial charge < -0.3 is 0 Å². The highest BCUT2D eigenvalue weighted by Crippen LogP contribution is 2.17. The summed E-state index contributed by atoms with van der Waals surface area (Å²) in [4.78, 5) is 12.4. The lowest BCUT2D eigenvalue weighted by Crippen LogP contribution is -2.22. The molecular formula is C15H15NO3S. The first-order valence-electron chi connectivity index (χ1n) is 6.05. The van der Waals surface area contributed by atoms with E-state index in [1.165, 1.54) is 26.2 Å². The van der Waals surface area contributed by atoms with E-state index in [-0.39, 0.29) is 10.7 Å². The van der Waals surface area contributed by atoms with Gasteiger partial charge in [0.1, 0.15) is 0 Å². The third-order valence-electron chi connectivity index (χ3n) is 2.91. The van der Waals surface area contributed by atoms with Crippen molar-refractivity contribution in [1.29, 1.82) is 0 Å². The Labute approximate surface area is 118 Å². The van der Waals surface area contributed by atoms with E-state index in [1.807, 2.05) is 6.07 Å². The van der Waals surface area contributed by atoms with Crippen LogP contribution in [0.5, 0.6) is 0 Å². The molecule has 0 radical (unpaired) electrons. The first kappa shape index (κ1) is 14.4. The lowest BCUT2D eigenvalue weighted by molar-refractivity contribution is 0.103. The molecule has 0 aromatic heterocycles. The van der Waals surface area contributed by atoms with Crippen molar-refractivity contribution in [2.24, 2.45) is 0 Å². The molecule has 0 bridgehead atoms. The molecular weight excluding hydrogens is 274 g/mol. The summed E-state index contributed by atoms with van der Waals surface area (Å²) < 4.78 is 25.2. The average molecular weight is 289 g/mol. The molecule has 2 rings (SSSR count).